The van der Waals surface area contributed by atoms with E-state index in [4.69, 9.17) is 0 Å². The van der Waals surface area contributed by atoms with Crippen molar-refractivity contribution < 1.29 is 47.0 Å². The minimum atomic E-state index is -0.569. The van der Waals surface area contributed by atoms with Crippen LogP contribution in [-0.4, -0.2) is 10.8 Å². The third kappa shape index (κ3) is 12.1. The van der Waals surface area contributed by atoms with Gasteiger partial charge in [-0.25, -0.2) is 0 Å². The van der Waals surface area contributed by atoms with E-state index >= 15 is 0 Å². The molecule has 5 heteroatoms. The van der Waals surface area contributed by atoms with Crippen LogP contribution in [0.25, 0.3) is 0 Å². The molecule has 0 saturated carbocycles. The van der Waals surface area contributed by atoms with E-state index in [1.54, 1.807) is 13.8 Å². The van der Waals surface area contributed by atoms with Crippen LogP contribution in [0.4, 0.5) is 4.48 Å². The van der Waals surface area contributed by atoms with Gasteiger partial charge >= 0.3 is 0 Å². The van der Waals surface area contributed by atoms with Crippen LogP contribution in [0.1, 0.15) is 13.8 Å². The summed E-state index contributed by atoms with van der Waals surface area (Å²) in [4.78, 5) is 12.0. The van der Waals surface area contributed by atoms with Crippen LogP contribution in [0.3, 0.4) is 0 Å². The van der Waals surface area contributed by atoms with Crippen LogP contribution in [-0.2, 0) is 4.79 Å². The zero-order valence-electron chi connectivity index (χ0n) is 6.10. The van der Waals surface area contributed by atoms with Gasteiger partial charge in [0.25, 0.3) is 0 Å². The summed E-state index contributed by atoms with van der Waals surface area (Å²) in [5.41, 5.74) is 1.03. The van der Waals surface area contributed by atoms with Crippen molar-refractivity contribution in [3.63, 3.8) is 0 Å². The Hall–Kier alpha value is 1.39. The van der Waals surface area contributed by atoms with E-state index in [9.17, 15) is 9.28 Å². The fourth-order valence-corrected chi connectivity index (χ4v) is 0.109. The first-order chi connectivity index (χ1) is 4.18. The van der Waals surface area contributed by atoms with Gasteiger partial charge < -0.3 is 0 Å². The standard InChI is InChI=1S/C4H8FNO.CH3I.Ar/c1-3(2)4(7)6-5;1-2;/h3H,1-2H3,(H,6,7);1H3;. The number of carbonyl (C=O) groups is 1. The van der Waals surface area contributed by atoms with Crippen molar-refractivity contribution in [1.29, 1.82) is 0 Å². The molecule has 0 aliphatic rings. The summed E-state index contributed by atoms with van der Waals surface area (Å²) in [5.74, 6) is -0.829. The van der Waals surface area contributed by atoms with Crippen LogP contribution in [0.15, 0.2) is 0 Å². The van der Waals surface area contributed by atoms with Gasteiger partial charge in [-0.3, -0.25) is 4.79 Å². The van der Waals surface area contributed by atoms with Crippen molar-refractivity contribution in [3.05, 3.63) is 0 Å². The Bertz CT molecular complexity index is 82.0. The quantitative estimate of drug-likeness (QED) is 0.444. The fourth-order valence-electron chi connectivity index (χ4n) is 0.109. The molecular formula is C5H11ArFINO. The second kappa shape index (κ2) is 13.0. The van der Waals surface area contributed by atoms with Gasteiger partial charge in [-0.1, -0.05) is 36.4 Å². The molecule has 0 spiro atoms. The third-order valence-corrected chi connectivity index (χ3v) is 0.618. The molecule has 0 aromatic rings. The predicted molar refractivity (Wildman–Crippen MR) is 44.0 cm³/mol. The molecule has 0 aliphatic carbocycles. The summed E-state index contributed by atoms with van der Waals surface area (Å²) in [6.45, 7) is 3.24. The van der Waals surface area contributed by atoms with Crippen molar-refractivity contribution in [3.8, 4) is 0 Å². The van der Waals surface area contributed by atoms with Gasteiger partial charge in [0.05, 0.1) is 0 Å². The smallest absolute Gasteiger partial charge is 0.250 e. The molecule has 0 aromatic carbocycles. The maximum absolute atomic E-state index is 11.0. The SMILES string of the molecule is CC(C)C(=O)NF.CI.[Ar]. The molecule has 0 heterocycles. The number of alkyl halides is 1. The van der Waals surface area contributed by atoms with Gasteiger partial charge in [0.15, 0.2) is 0 Å². The number of nitrogens with one attached hydrogen (secondary N) is 1. The summed E-state index contributed by atoms with van der Waals surface area (Å²) < 4.78 is 11.0. The average molecular weight is 287 g/mol. The van der Waals surface area contributed by atoms with Crippen molar-refractivity contribution >= 4 is 28.5 Å². The Kier molecular flexibility index (Phi) is 22.7. The minimum absolute atomic E-state index is 0. The number of hydrogen-bond acceptors (Lipinski definition) is 1. The van der Waals surface area contributed by atoms with E-state index < -0.39 is 5.91 Å². The zero-order chi connectivity index (χ0) is 7.86. The summed E-state index contributed by atoms with van der Waals surface area (Å²) in [5, 5.41) is 0. The Labute approximate surface area is 104 Å². The van der Waals surface area contributed by atoms with Gasteiger partial charge in [0.2, 0.25) is 5.91 Å². The molecular weight excluding hydrogens is 276 g/mol. The van der Waals surface area contributed by atoms with E-state index in [1.807, 2.05) is 4.93 Å². The summed E-state index contributed by atoms with van der Waals surface area (Å²) in [6.07, 6.45) is 0. The average Bonchev–Trinajstić information content (AvgIpc) is 1.91. The number of hydrogen-bond donors (Lipinski definition) is 1. The zero-order valence-corrected chi connectivity index (χ0v) is 8.96. The number of halogens is 2. The molecule has 0 atom stereocenters. The van der Waals surface area contributed by atoms with Crippen LogP contribution in [0, 0.1) is 43.7 Å². The van der Waals surface area contributed by atoms with Gasteiger partial charge in [0.1, 0.15) is 0 Å². The second-order valence-electron chi connectivity index (χ2n) is 1.61. The minimum Gasteiger partial charge on any atom is -0.272 e. The Balaban J connectivity index is -0.000000149. The molecule has 0 bridgehead atoms. The van der Waals surface area contributed by atoms with Crippen molar-refractivity contribution in [1.82, 2.24) is 5.54 Å². The van der Waals surface area contributed by atoms with Gasteiger partial charge in [0, 0.05) is 43.7 Å². The van der Waals surface area contributed by atoms with E-state index in [2.05, 4.69) is 22.6 Å². The van der Waals surface area contributed by atoms with E-state index in [1.165, 1.54) is 0 Å². The molecule has 0 saturated heterocycles. The predicted octanol–water partition coefficient (Wildman–Crippen LogP) is 1.69. The third-order valence-electron chi connectivity index (χ3n) is 0.618. The molecule has 1 N–H and O–H groups in total. The largest absolute Gasteiger partial charge is 0.272 e. The Morgan fingerprint density at radius 2 is 1.80 bits per heavy atom. The van der Waals surface area contributed by atoms with Gasteiger partial charge in [-0.2, -0.15) is 5.54 Å². The Morgan fingerprint density at radius 3 is 1.80 bits per heavy atom. The molecule has 1 amide bonds. The molecule has 0 radical (unpaired) electrons. The molecule has 0 rings (SSSR count). The monoisotopic (exact) mass is 287 g/mol. The first kappa shape index (κ1) is 17.5. The fraction of sp³-hybridized carbons (Fsp3) is 0.800. The molecule has 0 aromatic heterocycles. The molecule has 0 aliphatic heterocycles. The van der Waals surface area contributed by atoms with Gasteiger partial charge in [-0.15, -0.1) is 4.48 Å². The van der Waals surface area contributed by atoms with E-state index in [0.717, 1.165) is 5.54 Å². The second-order valence-corrected chi connectivity index (χ2v) is 1.61. The topological polar surface area (TPSA) is 29.1 Å². The summed E-state index contributed by atoms with van der Waals surface area (Å²) in [6, 6.07) is 0. The van der Waals surface area contributed by atoms with Crippen LogP contribution >= 0.6 is 22.6 Å². The van der Waals surface area contributed by atoms with E-state index in [0.29, 0.717) is 0 Å². The molecule has 0 unspecified atom stereocenters. The number of amides is 1. The molecule has 0 fully saturated rings. The molecule has 10 heavy (non-hydrogen) atoms. The van der Waals surface area contributed by atoms with Gasteiger partial charge in [-0.05, 0) is 4.93 Å². The normalized spacial score (nSPS) is 7.00. The van der Waals surface area contributed by atoms with Crippen LogP contribution < -0.4 is 5.54 Å². The molecule has 64 valence electrons. The Morgan fingerprint density at radius 1 is 1.50 bits per heavy atom. The number of rotatable bonds is 1. The summed E-state index contributed by atoms with van der Waals surface area (Å²) in [7, 11) is 0. The molecule has 2 nitrogen and oxygen atoms in total. The summed E-state index contributed by atoms with van der Waals surface area (Å²) >= 11 is 2.15. The maximum Gasteiger partial charge on any atom is 0.250 e. The number of carbonyl (C=O) groups excluding carboxylic acids is 1. The van der Waals surface area contributed by atoms with Crippen LogP contribution in [0.5, 0.6) is 0 Å². The van der Waals surface area contributed by atoms with Crippen molar-refractivity contribution in [2.45, 2.75) is 13.8 Å². The van der Waals surface area contributed by atoms with Crippen molar-refractivity contribution in [2.24, 2.45) is 5.92 Å². The first-order valence-electron chi connectivity index (χ1n) is 2.46. The van der Waals surface area contributed by atoms with Crippen LogP contribution in [0.2, 0.25) is 0 Å². The van der Waals surface area contributed by atoms with E-state index in [-0.39, 0.29) is 43.7 Å². The van der Waals surface area contributed by atoms with Crippen molar-refractivity contribution in [2.75, 3.05) is 4.93 Å². The maximum atomic E-state index is 11.0. The first-order valence-corrected chi connectivity index (χ1v) is 4.62.